The highest BCUT2D eigenvalue weighted by atomic mass is 19.1. The van der Waals surface area contributed by atoms with E-state index in [1.54, 1.807) is 37.3 Å². The number of phenols is 1. The van der Waals surface area contributed by atoms with Crippen LogP contribution in [0.3, 0.4) is 0 Å². The molecule has 0 aliphatic carbocycles. The molecule has 4 rings (SSSR count). The summed E-state index contributed by atoms with van der Waals surface area (Å²) in [5, 5.41) is 13.1. The first-order valence-electron chi connectivity index (χ1n) is 8.88. The van der Waals surface area contributed by atoms with Crippen LogP contribution in [0.15, 0.2) is 65.1 Å². The maximum absolute atomic E-state index is 13.6. The third-order valence-corrected chi connectivity index (χ3v) is 4.30. The lowest BCUT2D eigenvalue weighted by atomic mass is 10.1. The van der Waals surface area contributed by atoms with Crippen molar-refractivity contribution >= 4 is 22.7 Å². The third-order valence-electron chi connectivity index (χ3n) is 4.30. The van der Waals surface area contributed by atoms with Gasteiger partial charge in [0.05, 0.1) is 5.56 Å². The van der Waals surface area contributed by atoms with Gasteiger partial charge in [-0.1, -0.05) is 24.3 Å². The summed E-state index contributed by atoms with van der Waals surface area (Å²) >= 11 is 0. The molecule has 0 spiro atoms. The molecular weight excluding hydrogens is 375 g/mol. The van der Waals surface area contributed by atoms with E-state index in [1.807, 2.05) is 12.1 Å². The van der Waals surface area contributed by atoms with Crippen molar-refractivity contribution in [1.29, 1.82) is 0 Å². The van der Waals surface area contributed by atoms with Gasteiger partial charge in [-0.05, 0) is 48.9 Å². The van der Waals surface area contributed by atoms with Gasteiger partial charge in [0.15, 0.2) is 23.8 Å². The number of nitrogens with zero attached hydrogens (tertiary/aromatic N) is 1. The molecular formula is C22H17FN2O4. The SMILES string of the molecule is Cc1cc(NC(=O)COc2ccccc2F)cc(-c2nc3ccccc3o2)c1O. The van der Waals surface area contributed by atoms with Crippen molar-refractivity contribution in [3.05, 3.63) is 72.0 Å². The van der Waals surface area contributed by atoms with Crippen molar-refractivity contribution in [2.24, 2.45) is 0 Å². The van der Waals surface area contributed by atoms with E-state index in [0.29, 0.717) is 27.9 Å². The summed E-state index contributed by atoms with van der Waals surface area (Å²) in [6.07, 6.45) is 0. The number of carbonyl (C=O) groups is 1. The second kappa shape index (κ2) is 7.63. The lowest BCUT2D eigenvalue weighted by Gasteiger charge is -2.11. The number of oxazole rings is 1. The van der Waals surface area contributed by atoms with Crippen molar-refractivity contribution in [2.45, 2.75) is 6.92 Å². The molecule has 0 saturated heterocycles. The Kier molecular flexibility index (Phi) is 4.87. The lowest BCUT2D eigenvalue weighted by Crippen LogP contribution is -2.20. The van der Waals surface area contributed by atoms with E-state index < -0.39 is 11.7 Å². The van der Waals surface area contributed by atoms with E-state index in [0.717, 1.165) is 0 Å². The van der Waals surface area contributed by atoms with Crippen LogP contribution in [0, 0.1) is 12.7 Å². The lowest BCUT2D eigenvalue weighted by molar-refractivity contribution is -0.118. The number of anilines is 1. The van der Waals surface area contributed by atoms with Crippen LogP contribution in [-0.2, 0) is 4.79 Å². The number of para-hydroxylation sites is 3. The van der Waals surface area contributed by atoms with Gasteiger partial charge in [-0.25, -0.2) is 9.37 Å². The minimum absolute atomic E-state index is 0.00305. The van der Waals surface area contributed by atoms with E-state index in [1.165, 1.54) is 18.2 Å². The number of aryl methyl sites for hydroxylation is 1. The number of halogens is 1. The number of nitrogens with one attached hydrogen (secondary N) is 1. The second-order valence-corrected chi connectivity index (χ2v) is 6.44. The first-order chi connectivity index (χ1) is 14.0. The number of ether oxygens (including phenoxy) is 1. The standard InChI is InChI=1S/C22H17FN2O4/c1-13-10-14(24-20(26)12-28-18-8-4-2-6-16(18)23)11-15(21(13)27)22-25-17-7-3-5-9-19(17)29-22/h2-11,27H,12H2,1H3,(H,24,26). The van der Waals surface area contributed by atoms with E-state index >= 15 is 0 Å². The number of amides is 1. The van der Waals surface area contributed by atoms with Gasteiger partial charge in [-0.3, -0.25) is 4.79 Å². The summed E-state index contributed by atoms with van der Waals surface area (Å²) in [5.74, 6) is -0.764. The predicted molar refractivity (Wildman–Crippen MR) is 106 cm³/mol. The van der Waals surface area contributed by atoms with Crippen LogP contribution in [-0.4, -0.2) is 22.6 Å². The van der Waals surface area contributed by atoms with Gasteiger partial charge in [0.2, 0.25) is 5.89 Å². The Bertz CT molecular complexity index is 1170. The minimum Gasteiger partial charge on any atom is -0.507 e. The number of hydrogen-bond acceptors (Lipinski definition) is 5. The molecule has 0 fully saturated rings. The molecule has 0 saturated carbocycles. The van der Waals surface area contributed by atoms with Gasteiger partial charge in [0, 0.05) is 5.69 Å². The Morgan fingerprint density at radius 3 is 2.72 bits per heavy atom. The summed E-state index contributed by atoms with van der Waals surface area (Å²) in [6.45, 7) is 1.34. The molecule has 29 heavy (non-hydrogen) atoms. The van der Waals surface area contributed by atoms with Crippen LogP contribution < -0.4 is 10.1 Å². The zero-order chi connectivity index (χ0) is 20.4. The summed E-state index contributed by atoms with van der Waals surface area (Å²) in [6, 6.07) is 16.3. The fourth-order valence-corrected chi connectivity index (χ4v) is 2.90. The fourth-order valence-electron chi connectivity index (χ4n) is 2.90. The highest BCUT2D eigenvalue weighted by Gasteiger charge is 2.16. The molecule has 7 heteroatoms. The maximum Gasteiger partial charge on any atom is 0.262 e. The molecule has 4 aromatic rings. The predicted octanol–water partition coefficient (Wildman–Crippen LogP) is 4.67. The number of aromatic nitrogens is 1. The Morgan fingerprint density at radius 2 is 1.93 bits per heavy atom. The molecule has 0 atom stereocenters. The van der Waals surface area contributed by atoms with E-state index in [2.05, 4.69) is 10.3 Å². The summed E-state index contributed by atoms with van der Waals surface area (Å²) in [7, 11) is 0. The number of phenolic OH excluding ortho intramolecular Hbond substituents is 1. The van der Waals surface area contributed by atoms with Crippen LogP contribution in [0.25, 0.3) is 22.6 Å². The van der Waals surface area contributed by atoms with E-state index in [4.69, 9.17) is 9.15 Å². The van der Waals surface area contributed by atoms with Crippen molar-refractivity contribution in [3.8, 4) is 23.0 Å². The Labute approximate surface area is 165 Å². The molecule has 0 aliphatic rings. The zero-order valence-corrected chi connectivity index (χ0v) is 15.5. The molecule has 0 unspecified atom stereocenters. The minimum atomic E-state index is -0.543. The number of rotatable bonds is 5. The quantitative estimate of drug-likeness (QED) is 0.482. The van der Waals surface area contributed by atoms with Crippen LogP contribution in [0.5, 0.6) is 11.5 Å². The number of aromatic hydroxyl groups is 1. The van der Waals surface area contributed by atoms with Crippen molar-refractivity contribution < 1.29 is 23.4 Å². The van der Waals surface area contributed by atoms with E-state index in [-0.39, 0.29) is 24.0 Å². The molecule has 6 nitrogen and oxygen atoms in total. The molecule has 146 valence electrons. The second-order valence-electron chi connectivity index (χ2n) is 6.44. The fraction of sp³-hybridized carbons (Fsp3) is 0.0909. The number of benzene rings is 3. The molecule has 0 bridgehead atoms. The Morgan fingerprint density at radius 1 is 1.17 bits per heavy atom. The molecule has 1 heterocycles. The summed E-state index contributed by atoms with van der Waals surface area (Å²) in [4.78, 5) is 16.6. The van der Waals surface area contributed by atoms with E-state index in [9.17, 15) is 14.3 Å². The van der Waals surface area contributed by atoms with Crippen LogP contribution >= 0.6 is 0 Å². The number of fused-ring (bicyclic) bond motifs is 1. The number of carbonyl (C=O) groups excluding carboxylic acids is 1. The highest BCUT2D eigenvalue weighted by Crippen LogP contribution is 2.36. The zero-order valence-electron chi connectivity index (χ0n) is 15.5. The first kappa shape index (κ1) is 18.5. The van der Waals surface area contributed by atoms with Crippen LogP contribution in [0.4, 0.5) is 10.1 Å². The average Bonchev–Trinajstić information content (AvgIpc) is 3.14. The Hall–Kier alpha value is -3.87. The smallest absolute Gasteiger partial charge is 0.262 e. The summed E-state index contributed by atoms with van der Waals surface area (Å²) in [5.41, 5.74) is 2.57. The molecule has 3 aromatic carbocycles. The van der Waals surface area contributed by atoms with Gasteiger partial charge in [-0.15, -0.1) is 0 Å². The molecule has 2 N–H and O–H groups in total. The van der Waals surface area contributed by atoms with Crippen LogP contribution in [0.2, 0.25) is 0 Å². The van der Waals surface area contributed by atoms with Crippen molar-refractivity contribution in [1.82, 2.24) is 4.98 Å². The van der Waals surface area contributed by atoms with Gasteiger partial charge in [0.25, 0.3) is 5.91 Å². The Balaban J connectivity index is 1.55. The molecule has 1 amide bonds. The van der Waals surface area contributed by atoms with Gasteiger partial charge in [0.1, 0.15) is 11.3 Å². The van der Waals surface area contributed by atoms with Crippen LogP contribution in [0.1, 0.15) is 5.56 Å². The topological polar surface area (TPSA) is 84.6 Å². The average molecular weight is 392 g/mol. The first-order valence-corrected chi connectivity index (χ1v) is 8.88. The monoisotopic (exact) mass is 392 g/mol. The maximum atomic E-state index is 13.6. The molecule has 0 aliphatic heterocycles. The molecule has 0 radical (unpaired) electrons. The third kappa shape index (κ3) is 3.89. The normalized spacial score (nSPS) is 10.8. The largest absolute Gasteiger partial charge is 0.507 e. The highest BCUT2D eigenvalue weighted by molar-refractivity contribution is 5.93. The van der Waals surface area contributed by atoms with Crippen molar-refractivity contribution in [3.63, 3.8) is 0 Å². The van der Waals surface area contributed by atoms with Gasteiger partial charge < -0.3 is 19.6 Å². The van der Waals surface area contributed by atoms with Gasteiger partial charge >= 0.3 is 0 Å². The van der Waals surface area contributed by atoms with Crippen molar-refractivity contribution in [2.75, 3.05) is 11.9 Å². The molecule has 1 aromatic heterocycles. The van der Waals surface area contributed by atoms with Gasteiger partial charge in [-0.2, -0.15) is 0 Å². The number of hydrogen-bond donors (Lipinski definition) is 2. The summed E-state index contributed by atoms with van der Waals surface area (Å²) < 4.78 is 24.5.